The number of nitrogens with one attached hydrogen (secondary N) is 1. The molecule has 0 fully saturated rings. The first-order valence-corrected chi connectivity index (χ1v) is 8.73. The SMILES string of the molecule is CCOC(=O)c1c(-c2ccc(OC)c(OC)c2)csc1NC(=O)COC. The fraction of sp³-hybridized carbons (Fsp3) is 0.333. The Morgan fingerprint density at radius 2 is 1.85 bits per heavy atom. The second-order valence-corrected chi connectivity index (χ2v) is 6.00. The normalized spacial score (nSPS) is 10.3. The molecule has 140 valence electrons. The Hall–Kier alpha value is -2.58. The first kappa shape index (κ1) is 19.7. The molecular weight excluding hydrogens is 358 g/mol. The molecule has 0 saturated carbocycles. The van der Waals surface area contributed by atoms with Crippen molar-refractivity contribution in [2.24, 2.45) is 0 Å². The molecule has 0 radical (unpaired) electrons. The van der Waals surface area contributed by atoms with Crippen molar-refractivity contribution in [3.05, 3.63) is 29.1 Å². The van der Waals surface area contributed by atoms with E-state index in [1.54, 1.807) is 31.5 Å². The molecule has 8 heteroatoms. The summed E-state index contributed by atoms with van der Waals surface area (Å²) < 4.78 is 20.5. The van der Waals surface area contributed by atoms with Crippen molar-refractivity contribution in [1.82, 2.24) is 0 Å². The van der Waals surface area contributed by atoms with Crippen molar-refractivity contribution in [1.29, 1.82) is 0 Å². The Kier molecular flexibility index (Phi) is 6.99. The first-order chi connectivity index (χ1) is 12.5. The maximum atomic E-state index is 12.5. The van der Waals surface area contributed by atoms with Crippen molar-refractivity contribution < 1.29 is 28.5 Å². The van der Waals surface area contributed by atoms with E-state index in [1.807, 2.05) is 6.07 Å². The molecular formula is C18H21NO6S. The monoisotopic (exact) mass is 379 g/mol. The van der Waals surface area contributed by atoms with Crippen LogP contribution in [0.25, 0.3) is 11.1 Å². The van der Waals surface area contributed by atoms with Crippen molar-refractivity contribution in [2.75, 3.05) is 39.9 Å². The van der Waals surface area contributed by atoms with E-state index < -0.39 is 5.97 Å². The van der Waals surface area contributed by atoms with Crippen LogP contribution in [0.15, 0.2) is 23.6 Å². The second kappa shape index (κ2) is 9.21. The van der Waals surface area contributed by atoms with Gasteiger partial charge >= 0.3 is 5.97 Å². The molecule has 0 aliphatic carbocycles. The molecule has 0 saturated heterocycles. The van der Waals surface area contributed by atoms with Gasteiger partial charge in [-0.25, -0.2) is 4.79 Å². The Morgan fingerprint density at radius 1 is 1.12 bits per heavy atom. The number of methoxy groups -OCH3 is 3. The van der Waals surface area contributed by atoms with Crippen LogP contribution < -0.4 is 14.8 Å². The number of anilines is 1. The number of amides is 1. The van der Waals surface area contributed by atoms with Crippen LogP contribution in [0.2, 0.25) is 0 Å². The number of esters is 1. The minimum atomic E-state index is -0.508. The smallest absolute Gasteiger partial charge is 0.341 e. The zero-order valence-corrected chi connectivity index (χ0v) is 15.9. The number of ether oxygens (including phenoxy) is 4. The Balaban J connectivity index is 2.49. The van der Waals surface area contributed by atoms with E-state index in [0.29, 0.717) is 27.6 Å². The molecule has 0 atom stereocenters. The lowest BCUT2D eigenvalue weighted by atomic mass is 10.0. The van der Waals surface area contributed by atoms with E-state index in [9.17, 15) is 9.59 Å². The molecule has 0 bridgehead atoms. The van der Waals surface area contributed by atoms with Crippen molar-refractivity contribution in [3.63, 3.8) is 0 Å². The van der Waals surface area contributed by atoms with Crippen LogP contribution in [0.5, 0.6) is 11.5 Å². The first-order valence-electron chi connectivity index (χ1n) is 7.85. The lowest BCUT2D eigenvalue weighted by Crippen LogP contribution is -2.18. The molecule has 0 unspecified atom stereocenters. The van der Waals surface area contributed by atoms with Crippen LogP contribution in [0.1, 0.15) is 17.3 Å². The largest absolute Gasteiger partial charge is 0.493 e. The van der Waals surface area contributed by atoms with E-state index in [0.717, 1.165) is 5.56 Å². The Labute approximate surface area is 155 Å². The minimum absolute atomic E-state index is 0.105. The number of carbonyl (C=O) groups is 2. The fourth-order valence-electron chi connectivity index (χ4n) is 2.37. The van der Waals surface area contributed by atoms with Gasteiger partial charge in [-0.05, 0) is 24.6 Å². The van der Waals surface area contributed by atoms with Crippen LogP contribution in [-0.2, 0) is 14.3 Å². The summed E-state index contributed by atoms with van der Waals surface area (Å²) in [6.45, 7) is 1.85. The highest BCUT2D eigenvalue weighted by Crippen LogP contribution is 2.39. The summed E-state index contributed by atoms with van der Waals surface area (Å²) in [7, 11) is 4.52. The summed E-state index contributed by atoms with van der Waals surface area (Å²) in [6.07, 6.45) is 0. The third-order valence-electron chi connectivity index (χ3n) is 3.49. The van der Waals surface area contributed by atoms with Gasteiger partial charge in [0.25, 0.3) is 5.91 Å². The molecule has 0 aliphatic rings. The standard InChI is InChI=1S/C18H21NO6S/c1-5-25-18(21)16-12(10-26-17(16)19-15(20)9-22-2)11-6-7-13(23-3)14(8-11)24-4/h6-8,10H,5,9H2,1-4H3,(H,19,20). The van der Waals surface area contributed by atoms with Gasteiger partial charge in [0, 0.05) is 18.1 Å². The van der Waals surface area contributed by atoms with Gasteiger partial charge in [-0.1, -0.05) is 6.07 Å². The molecule has 0 aliphatic heterocycles. The van der Waals surface area contributed by atoms with Crippen molar-refractivity contribution in [2.45, 2.75) is 6.92 Å². The predicted molar refractivity (Wildman–Crippen MR) is 99.3 cm³/mol. The van der Waals surface area contributed by atoms with E-state index in [4.69, 9.17) is 18.9 Å². The maximum absolute atomic E-state index is 12.5. The fourth-order valence-corrected chi connectivity index (χ4v) is 3.34. The van der Waals surface area contributed by atoms with Crippen LogP contribution in [0.3, 0.4) is 0 Å². The molecule has 1 aromatic carbocycles. The van der Waals surface area contributed by atoms with Gasteiger partial charge in [0.05, 0.1) is 20.8 Å². The number of hydrogen-bond donors (Lipinski definition) is 1. The molecule has 1 N–H and O–H groups in total. The Morgan fingerprint density at radius 3 is 2.46 bits per heavy atom. The summed E-state index contributed by atoms with van der Waals surface area (Å²) in [6, 6.07) is 5.33. The van der Waals surface area contributed by atoms with Crippen LogP contribution in [0, 0.1) is 0 Å². The topological polar surface area (TPSA) is 83.1 Å². The number of rotatable bonds is 8. The van der Waals surface area contributed by atoms with Crippen LogP contribution in [-0.4, -0.2) is 46.4 Å². The Bertz CT molecular complexity index is 786. The summed E-state index contributed by atoms with van der Waals surface area (Å²) in [5.41, 5.74) is 1.69. The zero-order chi connectivity index (χ0) is 19.1. The second-order valence-electron chi connectivity index (χ2n) is 5.12. The summed E-state index contributed by atoms with van der Waals surface area (Å²) in [5, 5.41) is 4.89. The molecule has 7 nitrogen and oxygen atoms in total. The third-order valence-corrected chi connectivity index (χ3v) is 4.39. The lowest BCUT2D eigenvalue weighted by Gasteiger charge is -2.11. The summed E-state index contributed by atoms with van der Waals surface area (Å²) in [5.74, 6) is 0.263. The quantitative estimate of drug-likeness (QED) is 0.709. The minimum Gasteiger partial charge on any atom is -0.493 e. The van der Waals surface area contributed by atoms with E-state index >= 15 is 0 Å². The average molecular weight is 379 g/mol. The van der Waals surface area contributed by atoms with Gasteiger partial charge < -0.3 is 24.3 Å². The molecule has 26 heavy (non-hydrogen) atoms. The summed E-state index contributed by atoms with van der Waals surface area (Å²) >= 11 is 1.24. The molecule has 1 amide bonds. The van der Waals surface area contributed by atoms with E-state index in [2.05, 4.69) is 5.32 Å². The maximum Gasteiger partial charge on any atom is 0.341 e. The highest BCUT2D eigenvalue weighted by atomic mass is 32.1. The number of carbonyl (C=O) groups excluding carboxylic acids is 2. The van der Waals surface area contributed by atoms with Gasteiger partial charge in [0.2, 0.25) is 0 Å². The number of thiophene rings is 1. The van der Waals surface area contributed by atoms with Gasteiger partial charge in [0.1, 0.15) is 17.2 Å². The molecule has 1 heterocycles. The number of hydrogen-bond acceptors (Lipinski definition) is 7. The lowest BCUT2D eigenvalue weighted by molar-refractivity contribution is -0.119. The van der Waals surface area contributed by atoms with Gasteiger partial charge in [-0.3, -0.25) is 4.79 Å². The highest BCUT2D eigenvalue weighted by Gasteiger charge is 2.23. The van der Waals surface area contributed by atoms with Crippen LogP contribution in [0.4, 0.5) is 5.00 Å². The van der Waals surface area contributed by atoms with E-state index in [-0.39, 0.29) is 19.1 Å². The van der Waals surface area contributed by atoms with Gasteiger partial charge in [-0.2, -0.15) is 0 Å². The van der Waals surface area contributed by atoms with Gasteiger partial charge in [-0.15, -0.1) is 11.3 Å². The third kappa shape index (κ3) is 4.33. The highest BCUT2D eigenvalue weighted by molar-refractivity contribution is 7.15. The van der Waals surface area contributed by atoms with Crippen molar-refractivity contribution >= 4 is 28.2 Å². The number of benzene rings is 1. The average Bonchev–Trinajstić information content (AvgIpc) is 3.05. The molecule has 1 aromatic heterocycles. The molecule has 0 spiro atoms. The van der Waals surface area contributed by atoms with Crippen molar-refractivity contribution in [3.8, 4) is 22.6 Å². The summed E-state index contributed by atoms with van der Waals surface area (Å²) in [4.78, 5) is 24.3. The van der Waals surface area contributed by atoms with Gasteiger partial charge in [0.15, 0.2) is 11.5 Å². The molecule has 2 rings (SSSR count). The van der Waals surface area contributed by atoms with E-state index in [1.165, 1.54) is 25.6 Å². The molecule has 2 aromatic rings. The zero-order valence-electron chi connectivity index (χ0n) is 15.1. The predicted octanol–water partition coefficient (Wildman–Crippen LogP) is 3.19. The van der Waals surface area contributed by atoms with Crippen LogP contribution >= 0.6 is 11.3 Å².